The lowest BCUT2D eigenvalue weighted by Crippen LogP contribution is -2.40. The molecule has 1 aromatic carbocycles. The molecule has 2 amide bonds. The zero-order valence-corrected chi connectivity index (χ0v) is 20.1. The molecular formula is C23H28N6O4S. The first-order valence-corrected chi connectivity index (χ1v) is 12.1. The minimum atomic E-state index is -0.360. The van der Waals surface area contributed by atoms with Crippen LogP contribution in [0.25, 0.3) is 10.3 Å². The van der Waals surface area contributed by atoms with Crippen LogP contribution >= 0.6 is 11.3 Å². The number of nitrogens with one attached hydrogen (secondary N) is 2. The number of hydrogen-bond acceptors (Lipinski definition) is 8. The number of rotatable bonds is 8. The van der Waals surface area contributed by atoms with Gasteiger partial charge in [-0.05, 0) is 31.4 Å². The van der Waals surface area contributed by atoms with Crippen LogP contribution < -0.4 is 25.8 Å². The monoisotopic (exact) mass is 484 g/mol. The van der Waals surface area contributed by atoms with Crippen molar-refractivity contribution in [1.29, 1.82) is 0 Å². The van der Waals surface area contributed by atoms with Crippen LogP contribution in [0.5, 0.6) is 5.75 Å². The lowest BCUT2D eigenvalue weighted by molar-refractivity contribution is -0.125. The fourth-order valence-electron chi connectivity index (χ4n) is 3.90. The van der Waals surface area contributed by atoms with Gasteiger partial charge in [0.1, 0.15) is 23.3 Å². The van der Waals surface area contributed by atoms with Crippen molar-refractivity contribution >= 4 is 44.3 Å². The van der Waals surface area contributed by atoms with E-state index in [0.29, 0.717) is 46.5 Å². The fourth-order valence-corrected chi connectivity index (χ4v) is 4.92. The number of hydrogen-bond donors (Lipinski definition) is 2. The van der Waals surface area contributed by atoms with Gasteiger partial charge in [0.05, 0.1) is 12.8 Å². The minimum Gasteiger partial charge on any atom is -0.495 e. The molecule has 0 bridgehead atoms. The molecule has 180 valence electrons. The first kappa shape index (κ1) is 23.7. The highest BCUT2D eigenvalue weighted by Gasteiger charge is 2.26. The van der Waals surface area contributed by atoms with Crippen molar-refractivity contribution in [2.75, 3.05) is 37.0 Å². The van der Waals surface area contributed by atoms with E-state index in [-0.39, 0.29) is 29.8 Å². The molecule has 0 saturated carbocycles. The van der Waals surface area contributed by atoms with Crippen molar-refractivity contribution in [3.63, 3.8) is 0 Å². The number of para-hydroxylation sites is 2. The Morgan fingerprint density at radius 2 is 2.00 bits per heavy atom. The quantitative estimate of drug-likeness (QED) is 0.503. The van der Waals surface area contributed by atoms with Gasteiger partial charge in [-0.3, -0.25) is 19.0 Å². The van der Waals surface area contributed by atoms with Gasteiger partial charge >= 0.3 is 0 Å². The van der Waals surface area contributed by atoms with E-state index in [4.69, 9.17) is 4.74 Å². The van der Waals surface area contributed by atoms with Gasteiger partial charge in [-0.1, -0.05) is 30.4 Å². The summed E-state index contributed by atoms with van der Waals surface area (Å²) in [6.07, 6.45) is 3.75. The van der Waals surface area contributed by atoms with Crippen molar-refractivity contribution in [2.24, 2.45) is 5.92 Å². The molecule has 0 unspecified atom stereocenters. The summed E-state index contributed by atoms with van der Waals surface area (Å²) in [6, 6.07) is 7.07. The Morgan fingerprint density at radius 3 is 2.74 bits per heavy atom. The van der Waals surface area contributed by atoms with E-state index in [2.05, 4.69) is 25.5 Å². The number of aromatic nitrogens is 3. The lowest BCUT2D eigenvalue weighted by atomic mass is 9.96. The highest BCUT2D eigenvalue weighted by Crippen LogP contribution is 2.29. The van der Waals surface area contributed by atoms with E-state index in [1.54, 1.807) is 18.2 Å². The molecule has 0 spiro atoms. The van der Waals surface area contributed by atoms with Crippen LogP contribution in [0, 0.1) is 5.92 Å². The van der Waals surface area contributed by atoms with E-state index < -0.39 is 0 Å². The zero-order valence-electron chi connectivity index (χ0n) is 19.2. The molecule has 0 aliphatic carbocycles. The number of benzene rings is 1. The molecule has 1 aliphatic rings. The molecule has 1 saturated heterocycles. The first-order chi connectivity index (χ1) is 16.5. The maximum Gasteiger partial charge on any atom is 0.273 e. The third kappa shape index (κ3) is 5.19. The van der Waals surface area contributed by atoms with Gasteiger partial charge in [-0.2, -0.15) is 4.98 Å². The second kappa shape index (κ2) is 10.6. The SMILES string of the molecule is CCCNC(=O)C1CCN(c2nc3ncn(CC(=O)Nc4ccccc4OC)c(=O)c3s2)CC1. The number of fused-ring (bicyclic) bond motifs is 1. The summed E-state index contributed by atoms with van der Waals surface area (Å²) in [6.45, 7) is 3.95. The fraction of sp³-hybridized carbons (Fsp3) is 0.435. The number of ether oxygens (including phenoxy) is 1. The van der Waals surface area contributed by atoms with Gasteiger partial charge < -0.3 is 20.3 Å². The molecule has 3 heterocycles. The Labute approximate surface area is 201 Å². The van der Waals surface area contributed by atoms with Gasteiger partial charge in [-0.25, -0.2) is 4.98 Å². The molecule has 0 radical (unpaired) electrons. The topological polar surface area (TPSA) is 118 Å². The summed E-state index contributed by atoms with van der Waals surface area (Å²) >= 11 is 1.27. The molecule has 4 rings (SSSR count). The highest BCUT2D eigenvalue weighted by molar-refractivity contribution is 7.22. The molecule has 34 heavy (non-hydrogen) atoms. The summed E-state index contributed by atoms with van der Waals surface area (Å²) in [4.78, 5) is 48.7. The number of amides is 2. The number of carbonyl (C=O) groups is 2. The van der Waals surface area contributed by atoms with Crippen molar-refractivity contribution in [1.82, 2.24) is 19.9 Å². The molecule has 10 nitrogen and oxygen atoms in total. The summed E-state index contributed by atoms with van der Waals surface area (Å²) in [5, 5.41) is 6.44. The predicted molar refractivity (Wildman–Crippen MR) is 132 cm³/mol. The Balaban J connectivity index is 1.43. The third-order valence-electron chi connectivity index (χ3n) is 5.75. The van der Waals surface area contributed by atoms with Crippen LogP contribution in [0.15, 0.2) is 35.4 Å². The molecule has 3 aromatic rings. The average Bonchev–Trinajstić information content (AvgIpc) is 3.30. The number of anilines is 2. The third-order valence-corrected chi connectivity index (χ3v) is 6.85. The van der Waals surface area contributed by atoms with E-state index in [1.165, 1.54) is 29.3 Å². The minimum absolute atomic E-state index is 0.00859. The maximum atomic E-state index is 13.0. The van der Waals surface area contributed by atoms with Crippen molar-refractivity contribution in [3.05, 3.63) is 40.9 Å². The van der Waals surface area contributed by atoms with Crippen LogP contribution in [0.4, 0.5) is 10.8 Å². The smallest absolute Gasteiger partial charge is 0.273 e. The number of thiazole rings is 1. The normalized spacial score (nSPS) is 14.2. The predicted octanol–water partition coefficient (Wildman–Crippen LogP) is 2.24. The maximum absolute atomic E-state index is 13.0. The van der Waals surface area contributed by atoms with Crippen LogP contribution in [-0.2, 0) is 16.1 Å². The van der Waals surface area contributed by atoms with E-state index in [0.717, 1.165) is 19.3 Å². The Bertz CT molecular complexity index is 1230. The van der Waals surface area contributed by atoms with Gasteiger partial charge in [0.15, 0.2) is 10.8 Å². The Hall–Kier alpha value is -3.47. The Morgan fingerprint density at radius 1 is 1.24 bits per heavy atom. The van der Waals surface area contributed by atoms with Gasteiger partial charge in [0.25, 0.3) is 5.56 Å². The highest BCUT2D eigenvalue weighted by atomic mass is 32.1. The van der Waals surface area contributed by atoms with Crippen molar-refractivity contribution in [2.45, 2.75) is 32.7 Å². The zero-order chi connectivity index (χ0) is 24.1. The molecule has 11 heteroatoms. The number of piperidine rings is 1. The van der Waals surface area contributed by atoms with Crippen LogP contribution in [0.2, 0.25) is 0 Å². The van der Waals surface area contributed by atoms with E-state index in [9.17, 15) is 14.4 Å². The molecule has 2 aromatic heterocycles. The second-order valence-corrected chi connectivity index (χ2v) is 9.11. The molecular weight excluding hydrogens is 456 g/mol. The standard InChI is InChI=1S/C23H28N6O4S/c1-3-10-24-21(31)15-8-11-28(12-9-15)23-27-20-19(34-23)22(32)29(14-25-20)13-18(30)26-16-6-4-5-7-17(16)33-2/h4-7,14-15H,3,8-13H2,1-2H3,(H,24,31)(H,26,30). The van der Waals surface area contributed by atoms with E-state index in [1.807, 2.05) is 13.0 Å². The Kier molecular flexibility index (Phi) is 7.41. The number of carbonyl (C=O) groups excluding carboxylic acids is 2. The van der Waals surface area contributed by atoms with Crippen LogP contribution in [-0.4, -0.2) is 53.1 Å². The molecule has 2 N–H and O–H groups in total. The second-order valence-electron chi connectivity index (χ2n) is 8.13. The lowest BCUT2D eigenvalue weighted by Gasteiger charge is -2.30. The molecule has 1 aliphatic heterocycles. The van der Waals surface area contributed by atoms with Crippen molar-refractivity contribution < 1.29 is 14.3 Å². The largest absolute Gasteiger partial charge is 0.495 e. The average molecular weight is 485 g/mol. The number of nitrogens with zero attached hydrogens (tertiary/aromatic N) is 4. The van der Waals surface area contributed by atoms with Gasteiger partial charge in [-0.15, -0.1) is 0 Å². The first-order valence-electron chi connectivity index (χ1n) is 11.3. The molecule has 1 fully saturated rings. The summed E-state index contributed by atoms with van der Waals surface area (Å²) in [7, 11) is 1.53. The summed E-state index contributed by atoms with van der Waals surface area (Å²) in [5.41, 5.74) is 0.593. The summed E-state index contributed by atoms with van der Waals surface area (Å²) < 4.78 is 6.93. The van der Waals surface area contributed by atoms with Crippen LogP contribution in [0.3, 0.4) is 0 Å². The van der Waals surface area contributed by atoms with E-state index >= 15 is 0 Å². The molecule has 0 atom stereocenters. The number of methoxy groups -OCH3 is 1. The summed E-state index contributed by atoms with van der Waals surface area (Å²) in [5.74, 6) is 0.299. The van der Waals surface area contributed by atoms with Crippen molar-refractivity contribution in [3.8, 4) is 5.75 Å². The van der Waals surface area contributed by atoms with Gasteiger partial charge in [0.2, 0.25) is 11.8 Å². The van der Waals surface area contributed by atoms with Crippen LogP contribution in [0.1, 0.15) is 26.2 Å². The van der Waals surface area contributed by atoms with Gasteiger partial charge in [0, 0.05) is 25.6 Å².